The zero-order chi connectivity index (χ0) is 8.27. The standard InChI is InChI=1S/C7H9BrN2O/c1-3-11-7-4-6(8)9-5(2)10-7/h4H,3H2,1-2H3. The Kier molecular flexibility index (Phi) is 2.82. The highest BCUT2D eigenvalue weighted by Gasteiger charge is 1.98. The smallest absolute Gasteiger partial charge is 0.217 e. The van der Waals surface area contributed by atoms with E-state index < -0.39 is 0 Å². The number of ether oxygens (including phenoxy) is 1. The van der Waals surface area contributed by atoms with Gasteiger partial charge in [-0.15, -0.1) is 0 Å². The van der Waals surface area contributed by atoms with Gasteiger partial charge in [0.15, 0.2) is 0 Å². The molecule has 0 saturated heterocycles. The van der Waals surface area contributed by atoms with Crippen molar-refractivity contribution >= 4 is 15.9 Å². The molecule has 0 aliphatic carbocycles. The molecule has 0 aromatic carbocycles. The van der Waals surface area contributed by atoms with Crippen LogP contribution in [0.15, 0.2) is 10.7 Å². The van der Waals surface area contributed by atoms with E-state index in [0.29, 0.717) is 18.3 Å². The van der Waals surface area contributed by atoms with E-state index in [1.165, 1.54) is 0 Å². The van der Waals surface area contributed by atoms with Crippen molar-refractivity contribution < 1.29 is 4.74 Å². The van der Waals surface area contributed by atoms with Crippen molar-refractivity contribution in [3.8, 4) is 5.88 Å². The first-order valence-corrected chi connectivity index (χ1v) is 4.15. The first-order valence-electron chi connectivity index (χ1n) is 3.36. The average molecular weight is 217 g/mol. The van der Waals surface area contributed by atoms with Gasteiger partial charge in [-0.3, -0.25) is 0 Å². The van der Waals surface area contributed by atoms with Crippen molar-refractivity contribution in [2.24, 2.45) is 0 Å². The van der Waals surface area contributed by atoms with Gasteiger partial charge in [-0.2, -0.15) is 4.98 Å². The largest absolute Gasteiger partial charge is 0.478 e. The molecule has 0 radical (unpaired) electrons. The van der Waals surface area contributed by atoms with Crippen molar-refractivity contribution in [2.75, 3.05) is 6.61 Å². The van der Waals surface area contributed by atoms with Crippen LogP contribution in [0.25, 0.3) is 0 Å². The van der Waals surface area contributed by atoms with Gasteiger partial charge in [-0.05, 0) is 29.8 Å². The van der Waals surface area contributed by atoms with Crippen LogP contribution in [0.3, 0.4) is 0 Å². The molecule has 0 amide bonds. The number of nitrogens with zero attached hydrogens (tertiary/aromatic N) is 2. The van der Waals surface area contributed by atoms with Crippen LogP contribution in [-0.2, 0) is 0 Å². The maximum atomic E-state index is 5.19. The second-order valence-electron chi connectivity index (χ2n) is 2.01. The number of aromatic nitrogens is 2. The SMILES string of the molecule is CCOc1cc(Br)nc(C)n1. The molecule has 0 N–H and O–H groups in total. The third kappa shape index (κ3) is 2.46. The summed E-state index contributed by atoms with van der Waals surface area (Å²) in [6, 6.07) is 1.75. The van der Waals surface area contributed by atoms with Gasteiger partial charge in [0.1, 0.15) is 10.4 Å². The summed E-state index contributed by atoms with van der Waals surface area (Å²) in [6.07, 6.45) is 0. The van der Waals surface area contributed by atoms with Gasteiger partial charge in [-0.25, -0.2) is 4.98 Å². The minimum absolute atomic E-state index is 0.617. The normalized spacial score (nSPS) is 9.73. The molecule has 0 spiro atoms. The fourth-order valence-electron chi connectivity index (χ4n) is 0.727. The predicted molar refractivity (Wildman–Crippen MR) is 45.6 cm³/mol. The average Bonchev–Trinajstić information content (AvgIpc) is 1.85. The number of aryl methyl sites for hydroxylation is 1. The molecule has 0 saturated carbocycles. The zero-order valence-corrected chi connectivity index (χ0v) is 8.05. The van der Waals surface area contributed by atoms with Gasteiger partial charge in [0.2, 0.25) is 5.88 Å². The van der Waals surface area contributed by atoms with Crippen LogP contribution in [0.1, 0.15) is 12.7 Å². The summed E-state index contributed by atoms with van der Waals surface area (Å²) in [4.78, 5) is 8.10. The Morgan fingerprint density at radius 1 is 1.55 bits per heavy atom. The Labute approximate surface area is 73.9 Å². The second-order valence-corrected chi connectivity index (χ2v) is 2.82. The Morgan fingerprint density at radius 2 is 2.27 bits per heavy atom. The molecule has 0 fully saturated rings. The van der Waals surface area contributed by atoms with E-state index in [-0.39, 0.29) is 0 Å². The van der Waals surface area contributed by atoms with Gasteiger partial charge in [-0.1, -0.05) is 0 Å². The van der Waals surface area contributed by atoms with Crippen molar-refractivity contribution in [3.63, 3.8) is 0 Å². The molecule has 1 aromatic heterocycles. The van der Waals surface area contributed by atoms with E-state index in [4.69, 9.17) is 4.74 Å². The van der Waals surface area contributed by atoms with Gasteiger partial charge < -0.3 is 4.74 Å². The van der Waals surface area contributed by atoms with Crippen LogP contribution in [0.5, 0.6) is 5.88 Å². The summed E-state index contributed by atoms with van der Waals surface area (Å²) in [5.41, 5.74) is 0. The summed E-state index contributed by atoms with van der Waals surface area (Å²) in [5.74, 6) is 1.33. The van der Waals surface area contributed by atoms with Crippen LogP contribution < -0.4 is 4.74 Å². The van der Waals surface area contributed by atoms with E-state index in [1.54, 1.807) is 6.07 Å². The number of hydrogen-bond acceptors (Lipinski definition) is 3. The maximum absolute atomic E-state index is 5.19. The monoisotopic (exact) mass is 216 g/mol. The number of rotatable bonds is 2. The lowest BCUT2D eigenvalue weighted by atomic mass is 10.6. The minimum Gasteiger partial charge on any atom is -0.478 e. The molecule has 0 atom stereocenters. The highest BCUT2D eigenvalue weighted by atomic mass is 79.9. The second kappa shape index (κ2) is 3.67. The summed E-state index contributed by atoms with van der Waals surface area (Å²) < 4.78 is 5.94. The zero-order valence-electron chi connectivity index (χ0n) is 6.47. The lowest BCUT2D eigenvalue weighted by Gasteiger charge is -2.01. The Balaban J connectivity index is 2.89. The molecule has 11 heavy (non-hydrogen) atoms. The first kappa shape index (κ1) is 8.46. The van der Waals surface area contributed by atoms with Crippen LogP contribution in [0, 0.1) is 6.92 Å². The third-order valence-electron chi connectivity index (χ3n) is 1.08. The molecule has 0 aliphatic rings. The fraction of sp³-hybridized carbons (Fsp3) is 0.429. The lowest BCUT2D eigenvalue weighted by molar-refractivity contribution is 0.325. The Morgan fingerprint density at radius 3 is 2.82 bits per heavy atom. The van der Waals surface area contributed by atoms with Crippen LogP contribution in [0.2, 0.25) is 0 Å². The van der Waals surface area contributed by atoms with Crippen LogP contribution in [0.4, 0.5) is 0 Å². The highest BCUT2D eigenvalue weighted by Crippen LogP contribution is 2.13. The Bertz CT molecular complexity index is 232. The van der Waals surface area contributed by atoms with Crippen molar-refractivity contribution in [2.45, 2.75) is 13.8 Å². The highest BCUT2D eigenvalue weighted by molar-refractivity contribution is 9.10. The number of halogens is 1. The fourth-order valence-corrected chi connectivity index (χ4v) is 1.18. The molecular weight excluding hydrogens is 208 g/mol. The van der Waals surface area contributed by atoms with Gasteiger partial charge >= 0.3 is 0 Å². The third-order valence-corrected chi connectivity index (χ3v) is 1.48. The molecule has 3 nitrogen and oxygen atoms in total. The van der Waals surface area contributed by atoms with E-state index in [2.05, 4.69) is 25.9 Å². The van der Waals surface area contributed by atoms with Gasteiger partial charge in [0.25, 0.3) is 0 Å². The molecule has 60 valence electrons. The molecule has 1 heterocycles. The van der Waals surface area contributed by atoms with Crippen molar-refractivity contribution in [1.82, 2.24) is 9.97 Å². The maximum Gasteiger partial charge on any atom is 0.217 e. The summed E-state index contributed by atoms with van der Waals surface area (Å²) in [6.45, 7) is 4.38. The molecular formula is C7H9BrN2O. The van der Waals surface area contributed by atoms with Crippen molar-refractivity contribution in [3.05, 3.63) is 16.5 Å². The lowest BCUT2D eigenvalue weighted by Crippen LogP contribution is -1.97. The van der Waals surface area contributed by atoms with E-state index >= 15 is 0 Å². The minimum atomic E-state index is 0.617. The molecule has 0 aliphatic heterocycles. The summed E-state index contributed by atoms with van der Waals surface area (Å²) in [5, 5.41) is 0. The predicted octanol–water partition coefficient (Wildman–Crippen LogP) is 1.95. The summed E-state index contributed by atoms with van der Waals surface area (Å²) in [7, 11) is 0. The van der Waals surface area contributed by atoms with E-state index in [0.717, 1.165) is 4.60 Å². The van der Waals surface area contributed by atoms with Crippen LogP contribution in [-0.4, -0.2) is 16.6 Å². The van der Waals surface area contributed by atoms with Crippen molar-refractivity contribution in [1.29, 1.82) is 0 Å². The van der Waals surface area contributed by atoms with E-state index in [1.807, 2.05) is 13.8 Å². The molecule has 1 aromatic rings. The molecule has 0 bridgehead atoms. The van der Waals surface area contributed by atoms with Gasteiger partial charge in [0.05, 0.1) is 6.61 Å². The first-order chi connectivity index (χ1) is 5.22. The number of hydrogen-bond donors (Lipinski definition) is 0. The molecule has 4 heteroatoms. The van der Waals surface area contributed by atoms with Crippen LogP contribution >= 0.6 is 15.9 Å². The molecule has 0 unspecified atom stereocenters. The Hall–Kier alpha value is -0.640. The van der Waals surface area contributed by atoms with Gasteiger partial charge in [0, 0.05) is 6.07 Å². The molecule has 1 rings (SSSR count). The summed E-state index contributed by atoms with van der Waals surface area (Å²) >= 11 is 3.25. The van der Waals surface area contributed by atoms with E-state index in [9.17, 15) is 0 Å². The quantitative estimate of drug-likeness (QED) is 0.710. The topological polar surface area (TPSA) is 35.0 Å².